The highest BCUT2D eigenvalue weighted by atomic mass is 35.5. The van der Waals surface area contributed by atoms with Crippen molar-refractivity contribution in [3.05, 3.63) is 34.9 Å². The van der Waals surface area contributed by atoms with Crippen molar-refractivity contribution < 1.29 is 9.53 Å². The highest BCUT2D eigenvalue weighted by Gasteiger charge is 2.33. The Labute approximate surface area is 156 Å². The molecule has 1 heterocycles. The smallest absolute Gasteiger partial charge is 0.314 e. The minimum Gasteiger partial charge on any atom is -0.373 e. The molecule has 0 radical (unpaired) electrons. The molecule has 1 aliphatic rings. The van der Waals surface area contributed by atoms with Gasteiger partial charge in [-0.3, -0.25) is 4.90 Å². The van der Waals surface area contributed by atoms with E-state index >= 15 is 0 Å². The van der Waals surface area contributed by atoms with Crippen LogP contribution in [0.3, 0.4) is 0 Å². The van der Waals surface area contributed by atoms with E-state index in [0.29, 0.717) is 13.1 Å². The molecule has 2 N–H and O–H groups in total. The second-order valence-corrected chi connectivity index (χ2v) is 7.90. The van der Waals surface area contributed by atoms with Crippen molar-refractivity contribution in [2.24, 2.45) is 0 Å². The van der Waals surface area contributed by atoms with Crippen LogP contribution in [0.25, 0.3) is 0 Å². The van der Waals surface area contributed by atoms with E-state index in [4.69, 9.17) is 16.3 Å². The molecule has 1 aliphatic heterocycles. The Kier molecular flexibility index (Phi) is 7.11. The van der Waals surface area contributed by atoms with Gasteiger partial charge in [0.25, 0.3) is 0 Å². The molecule has 0 aliphatic carbocycles. The number of carbonyl (C=O) groups is 1. The van der Waals surface area contributed by atoms with Crippen molar-refractivity contribution in [2.45, 2.75) is 51.9 Å². The van der Waals surface area contributed by atoms with Crippen molar-refractivity contribution in [2.75, 3.05) is 26.2 Å². The second kappa shape index (κ2) is 8.88. The zero-order chi connectivity index (χ0) is 18.4. The molecule has 2 atom stereocenters. The van der Waals surface area contributed by atoms with Crippen molar-refractivity contribution in [3.8, 4) is 0 Å². The fourth-order valence-electron chi connectivity index (χ4n) is 3.16. The van der Waals surface area contributed by atoms with Gasteiger partial charge in [-0.25, -0.2) is 4.79 Å². The lowest BCUT2D eigenvalue weighted by Crippen LogP contribution is -2.59. The molecular weight excluding hydrogens is 338 g/mol. The maximum Gasteiger partial charge on any atom is 0.314 e. The Morgan fingerprint density at radius 3 is 2.60 bits per heavy atom. The van der Waals surface area contributed by atoms with E-state index in [9.17, 15) is 4.79 Å². The van der Waals surface area contributed by atoms with Gasteiger partial charge in [-0.15, -0.1) is 0 Å². The number of carbonyl (C=O) groups excluding carboxylic acids is 1. The van der Waals surface area contributed by atoms with Gasteiger partial charge < -0.3 is 15.4 Å². The average molecular weight is 368 g/mol. The summed E-state index contributed by atoms with van der Waals surface area (Å²) in [5.74, 6) is 0. The summed E-state index contributed by atoms with van der Waals surface area (Å²) in [4.78, 5) is 14.5. The number of hydrogen-bond acceptors (Lipinski definition) is 3. The molecule has 5 nitrogen and oxygen atoms in total. The number of halogens is 1. The van der Waals surface area contributed by atoms with Crippen LogP contribution in [-0.4, -0.2) is 54.9 Å². The molecule has 1 fully saturated rings. The van der Waals surface area contributed by atoms with Crippen molar-refractivity contribution in [3.63, 3.8) is 0 Å². The van der Waals surface area contributed by atoms with Crippen LogP contribution < -0.4 is 10.6 Å². The van der Waals surface area contributed by atoms with Crippen LogP contribution in [0.4, 0.5) is 4.79 Å². The fraction of sp³-hybridized carbons (Fsp3) is 0.632. The monoisotopic (exact) mass is 367 g/mol. The van der Waals surface area contributed by atoms with Crippen LogP contribution in [-0.2, 0) is 11.2 Å². The number of urea groups is 1. The van der Waals surface area contributed by atoms with Gasteiger partial charge in [0, 0.05) is 36.7 Å². The summed E-state index contributed by atoms with van der Waals surface area (Å²) in [7, 11) is 0. The molecule has 2 unspecified atom stereocenters. The molecule has 140 valence electrons. The SMILES string of the molecule is CC1CN(C(C)(C)CNC(=O)NCCc2cccc(Cl)c2)CC(C)O1. The van der Waals surface area contributed by atoms with Gasteiger partial charge in [-0.05, 0) is 51.8 Å². The maximum atomic E-state index is 12.1. The Balaban J connectivity index is 1.73. The number of amides is 2. The van der Waals surface area contributed by atoms with Gasteiger partial charge in [0.1, 0.15) is 0 Å². The zero-order valence-electron chi connectivity index (χ0n) is 15.6. The molecule has 2 amide bonds. The molecule has 1 aromatic carbocycles. The Bertz CT molecular complexity index is 570. The first-order valence-corrected chi connectivity index (χ1v) is 9.31. The van der Waals surface area contributed by atoms with E-state index in [1.165, 1.54) is 0 Å². The lowest BCUT2D eigenvalue weighted by molar-refractivity contribution is -0.0947. The highest BCUT2D eigenvalue weighted by molar-refractivity contribution is 6.30. The minimum absolute atomic E-state index is 0.114. The molecule has 0 spiro atoms. The third-order valence-electron chi connectivity index (χ3n) is 4.55. The zero-order valence-corrected chi connectivity index (χ0v) is 16.4. The van der Waals surface area contributed by atoms with E-state index in [0.717, 1.165) is 30.1 Å². The summed E-state index contributed by atoms with van der Waals surface area (Å²) >= 11 is 5.97. The fourth-order valence-corrected chi connectivity index (χ4v) is 3.37. The third kappa shape index (κ3) is 6.49. The van der Waals surface area contributed by atoms with E-state index < -0.39 is 0 Å². The summed E-state index contributed by atoms with van der Waals surface area (Å²) in [5.41, 5.74) is 1.00. The lowest BCUT2D eigenvalue weighted by Gasteiger charge is -2.45. The molecule has 0 aromatic heterocycles. The van der Waals surface area contributed by atoms with Crippen LogP contribution >= 0.6 is 11.6 Å². The number of nitrogens with zero attached hydrogens (tertiary/aromatic N) is 1. The average Bonchev–Trinajstić information content (AvgIpc) is 2.52. The molecule has 25 heavy (non-hydrogen) atoms. The Morgan fingerprint density at radius 2 is 1.96 bits per heavy atom. The van der Waals surface area contributed by atoms with Crippen LogP contribution in [0.1, 0.15) is 33.3 Å². The topological polar surface area (TPSA) is 53.6 Å². The Hall–Kier alpha value is -1.30. The van der Waals surface area contributed by atoms with Crippen LogP contribution in [0, 0.1) is 0 Å². The molecule has 1 aromatic rings. The third-order valence-corrected chi connectivity index (χ3v) is 4.78. The molecule has 1 saturated heterocycles. The molecule has 0 bridgehead atoms. The number of hydrogen-bond donors (Lipinski definition) is 2. The van der Waals surface area contributed by atoms with E-state index in [1.54, 1.807) is 0 Å². The van der Waals surface area contributed by atoms with Gasteiger partial charge >= 0.3 is 6.03 Å². The van der Waals surface area contributed by atoms with Crippen LogP contribution in [0.15, 0.2) is 24.3 Å². The normalized spacial score (nSPS) is 21.8. The van der Waals surface area contributed by atoms with Crippen LogP contribution in [0.2, 0.25) is 5.02 Å². The largest absolute Gasteiger partial charge is 0.373 e. The number of ether oxygens (including phenoxy) is 1. The summed E-state index contributed by atoms with van der Waals surface area (Å²) < 4.78 is 5.79. The number of benzene rings is 1. The first-order chi connectivity index (χ1) is 11.8. The predicted octanol–water partition coefficient (Wildman–Crippen LogP) is 3.07. The lowest BCUT2D eigenvalue weighted by atomic mass is 10.00. The van der Waals surface area contributed by atoms with E-state index in [1.807, 2.05) is 24.3 Å². The number of morpholine rings is 1. The van der Waals surface area contributed by atoms with Crippen LogP contribution in [0.5, 0.6) is 0 Å². The van der Waals surface area contributed by atoms with Gasteiger partial charge in [0.15, 0.2) is 0 Å². The first-order valence-electron chi connectivity index (χ1n) is 8.93. The number of rotatable bonds is 6. The second-order valence-electron chi connectivity index (χ2n) is 7.46. The van der Waals surface area contributed by atoms with Crippen molar-refractivity contribution in [1.82, 2.24) is 15.5 Å². The van der Waals surface area contributed by atoms with E-state index in [-0.39, 0.29) is 23.8 Å². The van der Waals surface area contributed by atoms with Gasteiger partial charge in [-0.2, -0.15) is 0 Å². The first kappa shape index (κ1) is 20.0. The van der Waals surface area contributed by atoms with Crippen molar-refractivity contribution >= 4 is 17.6 Å². The summed E-state index contributed by atoms with van der Waals surface area (Å²) in [6.07, 6.45) is 1.19. The number of nitrogens with one attached hydrogen (secondary N) is 2. The van der Waals surface area contributed by atoms with Gasteiger partial charge in [0.2, 0.25) is 0 Å². The molecule has 0 saturated carbocycles. The molecule has 6 heteroatoms. The predicted molar refractivity (Wildman–Crippen MR) is 102 cm³/mol. The highest BCUT2D eigenvalue weighted by Crippen LogP contribution is 2.20. The van der Waals surface area contributed by atoms with Gasteiger partial charge in [-0.1, -0.05) is 23.7 Å². The van der Waals surface area contributed by atoms with Gasteiger partial charge in [0.05, 0.1) is 12.2 Å². The standard InChI is InChI=1S/C19H30ClN3O2/c1-14-11-23(12-15(2)25-14)19(3,4)13-22-18(24)21-9-8-16-6-5-7-17(20)10-16/h5-7,10,14-15H,8-9,11-13H2,1-4H3,(H2,21,22,24). The summed E-state index contributed by atoms with van der Waals surface area (Å²) in [6, 6.07) is 7.57. The molecular formula is C19H30ClN3O2. The minimum atomic E-state index is -0.135. The maximum absolute atomic E-state index is 12.1. The quantitative estimate of drug-likeness (QED) is 0.812. The van der Waals surface area contributed by atoms with E-state index in [2.05, 4.69) is 43.2 Å². The summed E-state index contributed by atoms with van der Waals surface area (Å²) in [6.45, 7) is 11.4. The van der Waals surface area contributed by atoms with Crippen molar-refractivity contribution in [1.29, 1.82) is 0 Å². The Morgan fingerprint density at radius 1 is 1.28 bits per heavy atom. The molecule has 2 rings (SSSR count). The summed E-state index contributed by atoms with van der Waals surface area (Å²) in [5, 5.41) is 6.62.